The Morgan fingerprint density at radius 1 is 1.21 bits per heavy atom. The Morgan fingerprint density at radius 2 is 1.83 bits per heavy atom. The molecule has 1 aliphatic rings. The molecule has 0 amide bonds. The fourth-order valence-corrected chi connectivity index (χ4v) is 3.52. The molecule has 138 valence electrons. The number of nitrogens with one attached hydrogen (secondary N) is 1. The van der Waals surface area contributed by atoms with Crippen LogP contribution in [0, 0.1) is 11.7 Å². The Kier molecular flexibility index (Phi) is 7.96. The molecule has 2 atom stereocenters. The molecule has 1 unspecified atom stereocenters. The molecular formula is C17H25ClF4N2. The molecule has 2 nitrogen and oxygen atoms in total. The molecule has 0 aliphatic carbocycles. The van der Waals surface area contributed by atoms with Gasteiger partial charge in [-0.25, -0.2) is 4.39 Å². The molecule has 1 aromatic rings. The van der Waals surface area contributed by atoms with Crippen LogP contribution in [0.4, 0.5) is 17.6 Å². The predicted molar refractivity (Wildman–Crippen MR) is 89.9 cm³/mol. The van der Waals surface area contributed by atoms with Gasteiger partial charge in [0.2, 0.25) is 0 Å². The van der Waals surface area contributed by atoms with Crippen molar-refractivity contribution >= 4 is 12.4 Å². The molecular weight excluding hydrogens is 344 g/mol. The van der Waals surface area contributed by atoms with Gasteiger partial charge in [-0.15, -0.1) is 12.4 Å². The first-order valence-corrected chi connectivity index (χ1v) is 8.16. The van der Waals surface area contributed by atoms with Crippen molar-refractivity contribution in [2.45, 2.75) is 38.9 Å². The van der Waals surface area contributed by atoms with Crippen molar-refractivity contribution in [1.29, 1.82) is 0 Å². The fourth-order valence-electron chi connectivity index (χ4n) is 3.52. The minimum atomic E-state index is -4.68. The summed E-state index contributed by atoms with van der Waals surface area (Å²) in [6, 6.07) is 3.30. The summed E-state index contributed by atoms with van der Waals surface area (Å²) in [4.78, 5) is 2.06. The van der Waals surface area contributed by atoms with Crippen molar-refractivity contribution in [2.24, 2.45) is 5.92 Å². The number of piperazine rings is 1. The summed E-state index contributed by atoms with van der Waals surface area (Å²) >= 11 is 0. The molecule has 0 radical (unpaired) electrons. The van der Waals surface area contributed by atoms with Gasteiger partial charge >= 0.3 is 6.18 Å². The Bertz CT molecular complexity index is 516. The van der Waals surface area contributed by atoms with E-state index in [1.54, 1.807) is 0 Å². The molecule has 0 spiro atoms. The summed E-state index contributed by atoms with van der Waals surface area (Å²) in [5.41, 5.74) is -1.04. The van der Waals surface area contributed by atoms with Gasteiger partial charge in [-0.3, -0.25) is 4.90 Å². The molecule has 1 saturated heterocycles. The second kappa shape index (κ2) is 9.02. The molecule has 24 heavy (non-hydrogen) atoms. The monoisotopic (exact) mass is 368 g/mol. The van der Waals surface area contributed by atoms with Crippen LogP contribution in [0.2, 0.25) is 0 Å². The lowest BCUT2D eigenvalue weighted by atomic mass is 9.86. The van der Waals surface area contributed by atoms with Crippen molar-refractivity contribution in [3.8, 4) is 0 Å². The van der Waals surface area contributed by atoms with Crippen LogP contribution in [0.15, 0.2) is 18.2 Å². The first-order chi connectivity index (χ1) is 10.9. The fraction of sp³-hybridized carbons (Fsp3) is 0.647. The average molecular weight is 369 g/mol. The van der Waals surface area contributed by atoms with E-state index in [9.17, 15) is 17.6 Å². The van der Waals surface area contributed by atoms with Gasteiger partial charge in [0.05, 0.1) is 5.56 Å². The molecule has 1 heterocycles. The molecule has 1 N–H and O–H groups in total. The zero-order valence-electron chi connectivity index (χ0n) is 14.0. The minimum Gasteiger partial charge on any atom is -0.314 e. The Morgan fingerprint density at radius 3 is 2.38 bits per heavy atom. The maximum atomic E-state index is 14.0. The van der Waals surface area contributed by atoms with E-state index in [1.165, 1.54) is 12.1 Å². The second-order valence-corrected chi connectivity index (χ2v) is 6.20. The summed E-state index contributed by atoms with van der Waals surface area (Å²) in [6.45, 7) is 6.81. The Balaban J connectivity index is 0.00000288. The second-order valence-electron chi connectivity index (χ2n) is 6.20. The van der Waals surface area contributed by atoms with E-state index in [0.717, 1.165) is 32.0 Å². The smallest absolute Gasteiger partial charge is 0.314 e. The normalized spacial score (nSPS) is 18.8. The highest BCUT2D eigenvalue weighted by molar-refractivity contribution is 5.85. The first kappa shape index (κ1) is 21.2. The van der Waals surface area contributed by atoms with Gasteiger partial charge in [0, 0.05) is 32.2 Å². The zero-order chi connectivity index (χ0) is 17.0. The Hall–Kier alpha value is -0.850. The molecule has 0 aromatic heterocycles. The number of benzene rings is 1. The van der Waals surface area contributed by atoms with E-state index in [4.69, 9.17) is 0 Å². The SMILES string of the molecule is CCCC(C)[C@H](c1cccc(F)c1C(F)(F)F)N1CCNCC1.Cl. The van der Waals surface area contributed by atoms with Crippen LogP contribution in [-0.2, 0) is 6.18 Å². The number of halogens is 5. The summed E-state index contributed by atoms with van der Waals surface area (Å²) in [7, 11) is 0. The summed E-state index contributed by atoms with van der Waals surface area (Å²) in [6.07, 6.45) is -2.98. The summed E-state index contributed by atoms with van der Waals surface area (Å²) < 4.78 is 54.2. The van der Waals surface area contributed by atoms with E-state index < -0.39 is 23.6 Å². The molecule has 1 aliphatic heterocycles. The molecule has 1 aromatic carbocycles. The van der Waals surface area contributed by atoms with E-state index in [0.29, 0.717) is 13.1 Å². The highest BCUT2D eigenvalue weighted by Crippen LogP contribution is 2.41. The van der Waals surface area contributed by atoms with Gasteiger partial charge in [0.1, 0.15) is 5.82 Å². The van der Waals surface area contributed by atoms with Crippen molar-refractivity contribution in [2.75, 3.05) is 26.2 Å². The van der Waals surface area contributed by atoms with Crippen molar-refractivity contribution in [3.63, 3.8) is 0 Å². The van der Waals surface area contributed by atoms with Crippen molar-refractivity contribution in [3.05, 3.63) is 35.1 Å². The van der Waals surface area contributed by atoms with E-state index in [2.05, 4.69) is 10.2 Å². The summed E-state index contributed by atoms with van der Waals surface area (Å²) in [5.74, 6) is -1.15. The Labute approximate surface area is 147 Å². The topological polar surface area (TPSA) is 15.3 Å². The van der Waals surface area contributed by atoms with Gasteiger partial charge < -0.3 is 5.32 Å². The summed E-state index contributed by atoms with van der Waals surface area (Å²) in [5, 5.41) is 3.21. The molecule has 7 heteroatoms. The third-order valence-corrected chi connectivity index (χ3v) is 4.48. The minimum absolute atomic E-state index is 0. The third-order valence-electron chi connectivity index (χ3n) is 4.48. The largest absolute Gasteiger partial charge is 0.419 e. The van der Waals surface area contributed by atoms with Crippen LogP contribution in [0.1, 0.15) is 43.9 Å². The van der Waals surface area contributed by atoms with Crippen LogP contribution >= 0.6 is 12.4 Å². The number of hydrogen-bond donors (Lipinski definition) is 1. The van der Waals surface area contributed by atoms with Crippen LogP contribution in [0.3, 0.4) is 0 Å². The number of hydrogen-bond acceptors (Lipinski definition) is 2. The number of nitrogens with zero attached hydrogens (tertiary/aromatic N) is 1. The highest BCUT2D eigenvalue weighted by Gasteiger charge is 2.40. The molecule has 0 bridgehead atoms. The van der Waals surface area contributed by atoms with Crippen LogP contribution in [0.5, 0.6) is 0 Å². The van der Waals surface area contributed by atoms with Gasteiger partial charge in [0.25, 0.3) is 0 Å². The zero-order valence-corrected chi connectivity index (χ0v) is 14.8. The number of rotatable bonds is 5. The molecule has 1 fully saturated rings. The van der Waals surface area contributed by atoms with Gasteiger partial charge in [-0.2, -0.15) is 13.2 Å². The first-order valence-electron chi connectivity index (χ1n) is 8.16. The van der Waals surface area contributed by atoms with Gasteiger partial charge in [0.15, 0.2) is 0 Å². The van der Waals surface area contributed by atoms with Crippen LogP contribution in [-0.4, -0.2) is 31.1 Å². The molecule has 0 saturated carbocycles. The van der Waals surface area contributed by atoms with E-state index >= 15 is 0 Å². The average Bonchev–Trinajstić information content (AvgIpc) is 2.47. The van der Waals surface area contributed by atoms with Gasteiger partial charge in [-0.1, -0.05) is 32.4 Å². The highest BCUT2D eigenvalue weighted by atomic mass is 35.5. The third kappa shape index (κ3) is 4.83. The lowest BCUT2D eigenvalue weighted by molar-refractivity contribution is -0.141. The van der Waals surface area contributed by atoms with Crippen LogP contribution in [0.25, 0.3) is 0 Å². The van der Waals surface area contributed by atoms with Crippen LogP contribution < -0.4 is 5.32 Å². The van der Waals surface area contributed by atoms with E-state index in [-0.39, 0.29) is 23.9 Å². The van der Waals surface area contributed by atoms with Gasteiger partial charge in [-0.05, 0) is 24.0 Å². The maximum Gasteiger partial charge on any atom is 0.419 e. The lowest BCUT2D eigenvalue weighted by Crippen LogP contribution is -2.47. The van der Waals surface area contributed by atoms with Crippen molar-refractivity contribution < 1.29 is 17.6 Å². The predicted octanol–water partition coefficient (Wildman–Crippen LogP) is 4.65. The van der Waals surface area contributed by atoms with E-state index in [1.807, 2.05) is 13.8 Å². The maximum absolute atomic E-state index is 14.0. The lowest BCUT2D eigenvalue weighted by Gasteiger charge is -2.39. The molecule has 2 rings (SSSR count). The number of alkyl halides is 3. The standard InChI is InChI=1S/C17H24F4N2.ClH/c1-3-5-12(2)16(23-10-8-22-9-11-23)13-6-4-7-14(18)15(13)17(19,20)21;/h4,6-7,12,16,22H,3,5,8-11H2,1-2H3;1H/t12?,16-;/m1./s1. The quantitative estimate of drug-likeness (QED) is 0.761. The van der Waals surface area contributed by atoms with Crippen molar-refractivity contribution in [1.82, 2.24) is 10.2 Å².